The molecule has 3 fully saturated rings. The average molecular weight is 364 g/mol. The fourth-order valence-corrected chi connectivity index (χ4v) is 4.48. The van der Waals surface area contributed by atoms with E-state index >= 15 is 0 Å². The van der Waals surface area contributed by atoms with Crippen molar-refractivity contribution in [1.82, 2.24) is 15.1 Å². The van der Waals surface area contributed by atoms with Crippen LogP contribution in [0.5, 0.6) is 0 Å². The number of nitrogens with one attached hydrogen (secondary N) is 1. The quantitative estimate of drug-likeness (QED) is 0.735. The Kier molecular flexibility index (Phi) is 6.92. The fraction of sp³-hybridized carbons (Fsp3) is 0.850. The summed E-state index contributed by atoms with van der Waals surface area (Å²) in [4.78, 5) is 40.3. The summed E-state index contributed by atoms with van der Waals surface area (Å²) < 4.78 is 0. The highest BCUT2D eigenvalue weighted by atomic mass is 16.2. The third kappa shape index (κ3) is 5.21. The van der Waals surface area contributed by atoms with Gasteiger partial charge in [0, 0.05) is 45.1 Å². The van der Waals surface area contributed by atoms with E-state index in [1.807, 2.05) is 9.80 Å². The molecule has 146 valence electrons. The van der Waals surface area contributed by atoms with Crippen molar-refractivity contribution in [2.45, 2.75) is 76.7 Å². The Labute approximate surface area is 156 Å². The zero-order chi connectivity index (χ0) is 18.4. The molecule has 0 bridgehead atoms. The van der Waals surface area contributed by atoms with Gasteiger partial charge in [-0.1, -0.05) is 25.7 Å². The molecule has 0 aromatic heterocycles. The summed E-state index contributed by atoms with van der Waals surface area (Å²) in [6, 6.07) is 0.317. The number of nitrogens with zero attached hydrogens (tertiary/aromatic N) is 2. The molecule has 0 radical (unpaired) electrons. The molecule has 3 amide bonds. The van der Waals surface area contributed by atoms with Gasteiger partial charge in [0.2, 0.25) is 17.7 Å². The van der Waals surface area contributed by atoms with Crippen molar-refractivity contribution in [2.24, 2.45) is 5.92 Å². The van der Waals surface area contributed by atoms with Gasteiger partial charge in [0.1, 0.15) is 0 Å². The topological polar surface area (TPSA) is 69.7 Å². The van der Waals surface area contributed by atoms with E-state index in [0.29, 0.717) is 38.4 Å². The minimum absolute atomic E-state index is 0.0793. The predicted octanol–water partition coefficient (Wildman–Crippen LogP) is 2.08. The Hall–Kier alpha value is -1.59. The van der Waals surface area contributed by atoms with Gasteiger partial charge < -0.3 is 15.1 Å². The zero-order valence-corrected chi connectivity index (χ0v) is 15.9. The molecule has 6 heteroatoms. The highest BCUT2D eigenvalue weighted by Crippen LogP contribution is 2.21. The fourth-order valence-electron chi connectivity index (χ4n) is 4.48. The van der Waals surface area contributed by atoms with E-state index in [-0.39, 0.29) is 23.6 Å². The molecule has 6 nitrogen and oxygen atoms in total. The minimum atomic E-state index is -0.0793. The maximum absolute atomic E-state index is 12.7. The monoisotopic (exact) mass is 363 g/mol. The van der Waals surface area contributed by atoms with Crippen LogP contribution in [0.1, 0.15) is 70.6 Å². The van der Waals surface area contributed by atoms with Crippen molar-refractivity contribution < 1.29 is 14.4 Å². The molecule has 1 aliphatic carbocycles. The van der Waals surface area contributed by atoms with E-state index in [2.05, 4.69) is 5.32 Å². The van der Waals surface area contributed by atoms with Crippen molar-refractivity contribution in [3.8, 4) is 0 Å². The average Bonchev–Trinajstić information content (AvgIpc) is 2.87. The van der Waals surface area contributed by atoms with Gasteiger partial charge in [-0.2, -0.15) is 0 Å². The van der Waals surface area contributed by atoms with Crippen LogP contribution in [-0.2, 0) is 14.4 Å². The Morgan fingerprint density at radius 3 is 2.27 bits per heavy atom. The van der Waals surface area contributed by atoms with E-state index in [0.717, 1.165) is 38.8 Å². The lowest BCUT2D eigenvalue weighted by molar-refractivity contribution is -0.138. The van der Waals surface area contributed by atoms with Gasteiger partial charge in [0.05, 0.1) is 5.92 Å². The lowest BCUT2D eigenvalue weighted by Gasteiger charge is -2.33. The Balaban J connectivity index is 1.43. The lowest BCUT2D eigenvalue weighted by atomic mass is 9.95. The number of piperidine rings is 1. The van der Waals surface area contributed by atoms with E-state index in [1.54, 1.807) is 0 Å². The SMILES string of the molecule is O=C(NC1CCCCCC1)[C@H]1CCC(=O)N(CCCN2CCCC2=O)C1. The number of carbonyl (C=O) groups excluding carboxylic acids is 3. The second-order valence-electron chi connectivity index (χ2n) is 8.11. The van der Waals surface area contributed by atoms with Crippen LogP contribution in [0.15, 0.2) is 0 Å². The van der Waals surface area contributed by atoms with Crippen LogP contribution in [0.25, 0.3) is 0 Å². The van der Waals surface area contributed by atoms with Crippen LogP contribution >= 0.6 is 0 Å². The highest BCUT2D eigenvalue weighted by molar-refractivity contribution is 5.84. The first-order valence-corrected chi connectivity index (χ1v) is 10.5. The Morgan fingerprint density at radius 2 is 1.58 bits per heavy atom. The van der Waals surface area contributed by atoms with Gasteiger partial charge in [0.15, 0.2) is 0 Å². The van der Waals surface area contributed by atoms with Crippen LogP contribution in [0.2, 0.25) is 0 Å². The minimum Gasteiger partial charge on any atom is -0.353 e. The number of hydrogen-bond acceptors (Lipinski definition) is 3. The highest BCUT2D eigenvalue weighted by Gasteiger charge is 2.31. The smallest absolute Gasteiger partial charge is 0.225 e. The van der Waals surface area contributed by atoms with Crippen molar-refractivity contribution >= 4 is 17.7 Å². The molecule has 1 atom stereocenters. The first-order valence-electron chi connectivity index (χ1n) is 10.5. The van der Waals surface area contributed by atoms with Crippen molar-refractivity contribution in [3.63, 3.8) is 0 Å². The number of rotatable bonds is 6. The summed E-state index contributed by atoms with van der Waals surface area (Å²) in [5.41, 5.74) is 0. The van der Waals surface area contributed by atoms with Crippen molar-refractivity contribution in [1.29, 1.82) is 0 Å². The molecule has 2 aliphatic heterocycles. The maximum atomic E-state index is 12.7. The number of amides is 3. The molecule has 26 heavy (non-hydrogen) atoms. The zero-order valence-electron chi connectivity index (χ0n) is 15.9. The van der Waals surface area contributed by atoms with E-state index in [9.17, 15) is 14.4 Å². The molecular formula is C20H33N3O3. The van der Waals surface area contributed by atoms with Gasteiger partial charge in [-0.05, 0) is 32.1 Å². The standard InChI is InChI=1S/C20H33N3O3/c24-18-9-5-12-22(18)13-6-14-23-15-16(10-11-19(23)25)20(26)21-17-7-3-1-2-4-8-17/h16-17H,1-15H2,(H,21,26)/t16-/m0/s1. The summed E-state index contributed by atoms with van der Waals surface area (Å²) in [5, 5.41) is 3.24. The number of likely N-dealkylation sites (tertiary alicyclic amines) is 2. The summed E-state index contributed by atoms with van der Waals surface area (Å²) >= 11 is 0. The van der Waals surface area contributed by atoms with Gasteiger partial charge in [-0.25, -0.2) is 0 Å². The Morgan fingerprint density at radius 1 is 0.885 bits per heavy atom. The van der Waals surface area contributed by atoms with E-state index in [1.165, 1.54) is 25.7 Å². The summed E-state index contributed by atoms with van der Waals surface area (Å²) in [6.07, 6.45) is 10.7. The molecule has 2 heterocycles. The van der Waals surface area contributed by atoms with Gasteiger partial charge in [-0.3, -0.25) is 14.4 Å². The third-order valence-corrected chi connectivity index (χ3v) is 6.10. The van der Waals surface area contributed by atoms with Crippen LogP contribution in [-0.4, -0.2) is 59.7 Å². The summed E-state index contributed by atoms with van der Waals surface area (Å²) in [6.45, 7) is 2.75. The van der Waals surface area contributed by atoms with Crippen LogP contribution in [0.4, 0.5) is 0 Å². The molecule has 2 saturated heterocycles. The first-order chi connectivity index (χ1) is 12.6. The molecule has 0 aromatic carbocycles. The molecule has 1 N–H and O–H groups in total. The summed E-state index contributed by atoms with van der Waals surface area (Å²) in [7, 11) is 0. The van der Waals surface area contributed by atoms with Crippen LogP contribution < -0.4 is 5.32 Å². The normalized spacial score (nSPS) is 25.5. The molecule has 1 saturated carbocycles. The van der Waals surface area contributed by atoms with E-state index < -0.39 is 0 Å². The molecule has 0 aromatic rings. The second kappa shape index (κ2) is 9.38. The number of hydrogen-bond donors (Lipinski definition) is 1. The molecule has 3 aliphatic rings. The molecule has 0 unspecified atom stereocenters. The molecule has 0 spiro atoms. The largest absolute Gasteiger partial charge is 0.353 e. The molecule has 3 rings (SSSR count). The summed E-state index contributed by atoms with van der Waals surface area (Å²) in [5.74, 6) is 0.431. The lowest BCUT2D eigenvalue weighted by Crippen LogP contribution is -2.48. The first kappa shape index (κ1) is 19.2. The van der Waals surface area contributed by atoms with Crippen LogP contribution in [0.3, 0.4) is 0 Å². The second-order valence-corrected chi connectivity index (χ2v) is 8.11. The third-order valence-electron chi connectivity index (χ3n) is 6.10. The number of carbonyl (C=O) groups is 3. The van der Waals surface area contributed by atoms with Gasteiger partial charge in [0.25, 0.3) is 0 Å². The van der Waals surface area contributed by atoms with Crippen LogP contribution in [0, 0.1) is 5.92 Å². The van der Waals surface area contributed by atoms with E-state index in [4.69, 9.17) is 0 Å². The van der Waals surface area contributed by atoms with Crippen molar-refractivity contribution in [2.75, 3.05) is 26.2 Å². The van der Waals surface area contributed by atoms with Crippen molar-refractivity contribution in [3.05, 3.63) is 0 Å². The molecular weight excluding hydrogens is 330 g/mol. The van der Waals surface area contributed by atoms with Gasteiger partial charge in [-0.15, -0.1) is 0 Å². The Bertz CT molecular complexity index is 514. The predicted molar refractivity (Wildman–Crippen MR) is 99.4 cm³/mol. The maximum Gasteiger partial charge on any atom is 0.225 e. The van der Waals surface area contributed by atoms with Gasteiger partial charge >= 0.3 is 0 Å².